The Balaban J connectivity index is 1.67. The summed E-state index contributed by atoms with van der Waals surface area (Å²) in [6.45, 7) is 0. The number of allylic oxidation sites excluding steroid dienone is 2. The Hall–Kier alpha value is -0.940. The summed E-state index contributed by atoms with van der Waals surface area (Å²) >= 11 is 2.06. The van der Waals surface area contributed by atoms with Gasteiger partial charge in [-0.25, -0.2) is 0 Å². The Morgan fingerprint density at radius 1 is 1.29 bits per heavy atom. The van der Waals surface area contributed by atoms with Gasteiger partial charge in [0.2, 0.25) is 0 Å². The fourth-order valence-corrected chi connectivity index (χ4v) is 12.0. The number of hydrogen-bond acceptors (Lipinski definition) is 4. The van der Waals surface area contributed by atoms with Crippen LogP contribution >= 0.6 is 19.3 Å². The molecule has 1 aliphatic carbocycles. The zero-order valence-electron chi connectivity index (χ0n) is 16.2. The first-order valence-electron chi connectivity index (χ1n) is 9.99. The van der Waals surface area contributed by atoms with E-state index in [0.717, 1.165) is 11.8 Å². The van der Waals surface area contributed by atoms with Gasteiger partial charge in [0.15, 0.2) is 0 Å². The van der Waals surface area contributed by atoms with Crippen LogP contribution in [0.3, 0.4) is 0 Å². The molecule has 0 amide bonds. The second kappa shape index (κ2) is 8.43. The molecule has 1 saturated carbocycles. The highest BCUT2D eigenvalue weighted by Crippen LogP contribution is 2.54. The Bertz CT molecular complexity index is 952. The third-order valence-corrected chi connectivity index (χ3v) is 12.6. The van der Waals surface area contributed by atoms with Crippen molar-refractivity contribution in [1.82, 2.24) is 0 Å². The number of rotatable bonds is 5. The Morgan fingerprint density at radius 3 is 2.89 bits per heavy atom. The van der Waals surface area contributed by atoms with E-state index < -0.39 is 17.7 Å². The normalized spacial score (nSPS) is 28.5. The summed E-state index contributed by atoms with van der Waals surface area (Å²) in [6.07, 6.45) is 13.4. The van der Waals surface area contributed by atoms with Crippen LogP contribution in [-0.4, -0.2) is 47.5 Å². The van der Waals surface area contributed by atoms with Gasteiger partial charge in [-0.1, -0.05) is 38.6 Å². The molecule has 0 saturated heterocycles. The molecular formula is C21H28NO3PS2. The minimum atomic E-state index is -3.87. The van der Waals surface area contributed by atoms with Crippen LogP contribution in [0.15, 0.2) is 42.6 Å². The summed E-state index contributed by atoms with van der Waals surface area (Å²) < 4.78 is 33.0. The van der Waals surface area contributed by atoms with Crippen molar-refractivity contribution < 1.29 is 13.0 Å². The molecule has 1 aromatic rings. The van der Waals surface area contributed by atoms with Crippen molar-refractivity contribution >= 4 is 45.3 Å². The fraction of sp³-hybridized carbons (Fsp3) is 0.476. The molecule has 4 nitrogen and oxygen atoms in total. The Morgan fingerprint density at radius 2 is 2.07 bits per heavy atom. The SMILES string of the molecule is CN1C=C/C(=C\C2=[PH](CCCS(=O)(=O)O)C3CCCCC3S2)c2ccccc21. The number of anilines is 1. The molecule has 4 rings (SSSR count). The Kier molecular flexibility index (Phi) is 6.12. The summed E-state index contributed by atoms with van der Waals surface area (Å²) in [6, 6.07) is 8.49. The largest absolute Gasteiger partial charge is 0.351 e. The Labute approximate surface area is 173 Å². The average Bonchev–Trinajstić information content (AvgIpc) is 3.01. The lowest BCUT2D eigenvalue weighted by Crippen LogP contribution is -2.21. The van der Waals surface area contributed by atoms with Gasteiger partial charge in [0, 0.05) is 34.4 Å². The molecule has 1 fully saturated rings. The number of hydrogen-bond donors (Lipinski definition) is 1. The number of para-hydroxylation sites is 1. The zero-order chi connectivity index (χ0) is 19.7. The average molecular weight is 438 g/mol. The van der Waals surface area contributed by atoms with Crippen molar-refractivity contribution in [2.24, 2.45) is 0 Å². The number of nitrogens with zero attached hydrogens (tertiary/aromatic N) is 1. The molecule has 2 heterocycles. The number of thioether (sulfide) groups is 1. The molecule has 2 aliphatic heterocycles. The molecule has 3 aliphatic rings. The first kappa shape index (κ1) is 20.3. The van der Waals surface area contributed by atoms with Crippen molar-refractivity contribution in [1.29, 1.82) is 0 Å². The molecule has 0 radical (unpaired) electrons. The summed E-state index contributed by atoms with van der Waals surface area (Å²) in [5.41, 5.74) is 4.47. The van der Waals surface area contributed by atoms with Crippen molar-refractivity contribution in [3.8, 4) is 0 Å². The third kappa shape index (κ3) is 4.46. The smallest absolute Gasteiger partial charge is 0.264 e. The van der Waals surface area contributed by atoms with E-state index in [9.17, 15) is 8.42 Å². The van der Waals surface area contributed by atoms with E-state index in [1.54, 1.807) is 0 Å². The van der Waals surface area contributed by atoms with Gasteiger partial charge in [-0.2, -0.15) is 8.42 Å². The molecule has 152 valence electrons. The van der Waals surface area contributed by atoms with Crippen LogP contribution in [0.5, 0.6) is 0 Å². The maximum absolute atomic E-state index is 11.2. The summed E-state index contributed by atoms with van der Waals surface area (Å²) in [5, 5.41) is 0.700. The lowest BCUT2D eigenvalue weighted by Gasteiger charge is -2.27. The van der Waals surface area contributed by atoms with Crippen molar-refractivity contribution in [2.75, 3.05) is 23.9 Å². The highest BCUT2D eigenvalue weighted by Gasteiger charge is 2.35. The van der Waals surface area contributed by atoms with Crippen LogP contribution in [0.1, 0.15) is 37.7 Å². The van der Waals surface area contributed by atoms with Crippen LogP contribution < -0.4 is 4.90 Å². The van der Waals surface area contributed by atoms with E-state index in [1.165, 1.54) is 47.1 Å². The van der Waals surface area contributed by atoms with Crippen molar-refractivity contribution in [3.63, 3.8) is 0 Å². The zero-order valence-corrected chi connectivity index (χ0v) is 18.8. The first-order chi connectivity index (χ1) is 13.4. The van der Waals surface area contributed by atoms with E-state index >= 15 is 0 Å². The van der Waals surface area contributed by atoms with Crippen LogP contribution in [-0.2, 0) is 10.1 Å². The number of benzene rings is 1. The maximum atomic E-state index is 11.2. The van der Waals surface area contributed by atoms with E-state index in [0.29, 0.717) is 11.7 Å². The molecule has 1 N–H and O–H groups in total. The van der Waals surface area contributed by atoms with E-state index in [1.807, 2.05) is 0 Å². The van der Waals surface area contributed by atoms with Crippen LogP contribution in [0.4, 0.5) is 5.69 Å². The molecule has 3 atom stereocenters. The quantitative estimate of drug-likeness (QED) is 0.534. The monoisotopic (exact) mass is 437 g/mol. The minimum absolute atomic E-state index is 0.111. The summed E-state index contributed by atoms with van der Waals surface area (Å²) in [7, 11) is -2.60. The predicted molar refractivity (Wildman–Crippen MR) is 125 cm³/mol. The second-order valence-electron chi connectivity index (χ2n) is 7.87. The van der Waals surface area contributed by atoms with Gasteiger partial charge in [-0.3, -0.25) is 4.55 Å². The molecule has 3 unspecified atom stereocenters. The summed E-state index contributed by atoms with van der Waals surface area (Å²) in [4.78, 5) is 2.15. The molecule has 0 spiro atoms. The second-order valence-corrected chi connectivity index (χ2v) is 13.9. The molecule has 1 aromatic carbocycles. The van der Waals surface area contributed by atoms with Gasteiger partial charge >= 0.3 is 0 Å². The third-order valence-electron chi connectivity index (χ3n) is 5.95. The lowest BCUT2D eigenvalue weighted by molar-refractivity contribution is 0.482. The highest BCUT2D eigenvalue weighted by atomic mass is 32.2. The molecule has 7 heteroatoms. The van der Waals surface area contributed by atoms with Crippen molar-refractivity contribution in [2.45, 2.75) is 43.0 Å². The fourth-order valence-electron chi connectivity index (χ4n) is 4.59. The van der Waals surface area contributed by atoms with Crippen LogP contribution in [0, 0.1) is 0 Å². The van der Waals surface area contributed by atoms with Gasteiger partial charge in [0.1, 0.15) is 0 Å². The van der Waals surface area contributed by atoms with Crippen molar-refractivity contribution in [3.05, 3.63) is 48.2 Å². The highest BCUT2D eigenvalue weighted by molar-refractivity contribution is 8.22. The maximum Gasteiger partial charge on any atom is 0.264 e. The molecule has 0 aromatic heterocycles. The van der Waals surface area contributed by atoms with E-state index in [2.05, 4.69) is 66.3 Å². The molecular weight excluding hydrogens is 409 g/mol. The predicted octanol–water partition coefficient (Wildman–Crippen LogP) is 4.71. The van der Waals surface area contributed by atoms with Gasteiger partial charge in [-0.05, 0) is 54.9 Å². The van der Waals surface area contributed by atoms with Crippen LogP contribution in [0.25, 0.3) is 5.57 Å². The van der Waals surface area contributed by atoms with E-state index in [-0.39, 0.29) is 5.75 Å². The first-order valence-corrected chi connectivity index (χ1v) is 14.3. The number of fused-ring (bicyclic) bond motifs is 2. The lowest BCUT2D eigenvalue weighted by atomic mass is 10.00. The molecule has 28 heavy (non-hydrogen) atoms. The van der Waals surface area contributed by atoms with E-state index in [4.69, 9.17) is 4.55 Å². The van der Waals surface area contributed by atoms with Crippen LogP contribution in [0.2, 0.25) is 0 Å². The molecule has 0 bridgehead atoms. The standard InChI is InChI=1S/C21H28NO3PS2/c1-22-12-11-16(17-7-2-3-8-18(17)22)15-21-26(13-6-14-28(23,24)25)19-9-4-5-10-20(19)27-21/h2-3,7-8,11-12,15,19-20,26H,4-6,9-10,13-14H2,1H3,(H,23,24,25)/b16-15+. The van der Waals surface area contributed by atoms with Gasteiger partial charge < -0.3 is 4.90 Å². The summed E-state index contributed by atoms with van der Waals surface area (Å²) in [5.74, 6) is -0.111. The topological polar surface area (TPSA) is 57.6 Å². The van der Waals surface area contributed by atoms with Gasteiger partial charge in [0.25, 0.3) is 10.1 Å². The minimum Gasteiger partial charge on any atom is -0.351 e. The van der Waals surface area contributed by atoms with Gasteiger partial charge in [0.05, 0.1) is 5.75 Å². The van der Waals surface area contributed by atoms with Gasteiger partial charge in [-0.15, -0.1) is 11.8 Å².